The number of amides is 1. The molecule has 0 fully saturated rings. The molecule has 0 saturated heterocycles. The monoisotopic (exact) mass is 256 g/mol. The summed E-state index contributed by atoms with van der Waals surface area (Å²) in [5.41, 5.74) is 3.88. The van der Waals surface area contributed by atoms with Crippen LogP contribution in [0.3, 0.4) is 0 Å². The minimum absolute atomic E-state index is 0.0465. The molecule has 1 amide bonds. The Bertz CT molecular complexity index is 609. The van der Waals surface area contributed by atoms with Crippen molar-refractivity contribution in [3.63, 3.8) is 0 Å². The molecule has 0 atom stereocenters. The van der Waals surface area contributed by atoms with Crippen LogP contribution in [0.4, 0.5) is 5.69 Å². The van der Waals surface area contributed by atoms with Gasteiger partial charge in [0.1, 0.15) is 0 Å². The number of anilines is 1. The SMILES string of the molecule is Cc1cncc(C(=O)Nc2cc(CO)ccc2C)c1. The molecule has 98 valence electrons. The molecule has 2 aromatic rings. The van der Waals surface area contributed by atoms with Crippen molar-refractivity contribution in [3.8, 4) is 0 Å². The fourth-order valence-electron chi connectivity index (χ4n) is 1.78. The number of pyridine rings is 1. The Morgan fingerprint density at radius 1 is 1.26 bits per heavy atom. The smallest absolute Gasteiger partial charge is 0.257 e. The maximum Gasteiger partial charge on any atom is 0.257 e. The molecule has 0 bridgehead atoms. The zero-order valence-corrected chi connectivity index (χ0v) is 11.0. The van der Waals surface area contributed by atoms with E-state index in [2.05, 4.69) is 10.3 Å². The molecule has 0 unspecified atom stereocenters. The standard InChI is InChI=1S/C15H16N2O2/c1-10-5-13(8-16-7-10)15(19)17-14-6-12(9-18)4-3-11(14)2/h3-8,18H,9H2,1-2H3,(H,17,19). The van der Waals surface area contributed by atoms with Gasteiger partial charge in [0, 0.05) is 18.1 Å². The van der Waals surface area contributed by atoms with E-state index >= 15 is 0 Å². The Kier molecular flexibility index (Phi) is 3.92. The van der Waals surface area contributed by atoms with Gasteiger partial charge in [0.2, 0.25) is 0 Å². The lowest BCUT2D eigenvalue weighted by Gasteiger charge is -2.10. The van der Waals surface area contributed by atoms with Crippen molar-refractivity contribution in [1.29, 1.82) is 0 Å². The Morgan fingerprint density at radius 2 is 2.05 bits per heavy atom. The highest BCUT2D eigenvalue weighted by Gasteiger charge is 2.08. The minimum atomic E-state index is -0.200. The van der Waals surface area contributed by atoms with Crippen molar-refractivity contribution in [1.82, 2.24) is 4.98 Å². The second-order valence-electron chi connectivity index (χ2n) is 4.51. The van der Waals surface area contributed by atoms with Gasteiger partial charge in [-0.15, -0.1) is 0 Å². The molecule has 4 heteroatoms. The number of hydrogen-bond acceptors (Lipinski definition) is 3. The average Bonchev–Trinajstić information content (AvgIpc) is 2.41. The zero-order valence-electron chi connectivity index (χ0n) is 11.0. The van der Waals surface area contributed by atoms with Crippen molar-refractivity contribution in [2.24, 2.45) is 0 Å². The predicted octanol–water partition coefficient (Wildman–Crippen LogP) is 2.44. The molecule has 2 rings (SSSR count). The van der Waals surface area contributed by atoms with E-state index in [1.54, 1.807) is 18.3 Å². The van der Waals surface area contributed by atoms with Crippen LogP contribution in [0.5, 0.6) is 0 Å². The number of rotatable bonds is 3. The first-order valence-electron chi connectivity index (χ1n) is 6.03. The number of aliphatic hydroxyl groups excluding tert-OH is 1. The predicted molar refractivity (Wildman–Crippen MR) is 74.0 cm³/mol. The number of carbonyl (C=O) groups excluding carboxylic acids is 1. The molecule has 0 saturated carbocycles. The van der Waals surface area contributed by atoms with Crippen LogP contribution in [0.15, 0.2) is 36.7 Å². The van der Waals surface area contributed by atoms with Gasteiger partial charge in [-0.05, 0) is 42.7 Å². The number of aliphatic hydroxyl groups is 1. The molecule has 0 aliphatic carbocycles. The highest BCUT2D eigenvalue weighted by molar-refractivity contribution is 6.04. The van der Waals surface area contributed by atoms with Crippen LogP contribution in [0.2, 0.25) is 0 Å². The molecular formula is C15H16N2O2. The van der Waals surface area contributed by atoms with Crippen molar-refractivity contribution < 1.29 is 9.90 Å². The molecule has 2 N–H and O–H groups in total. The van der Waals surface area contributed by atoms with Gasteiger partial charge in [-0.3, -0.25) is 9.78 Å². The highest BCUT2D eigenvalue weighted by Crippen LogP contribution is 2.18. The van der Waals surface area contributed by atoms with Gasteiger partial charge in [0.05, 0.1) is 12.2 Å². The lowest BCUT2D eigenvalue weighted by Crippen LogP contribution is -2.13. The van der Waals surface area contributed by atoms with E-state index in [9.17, 15) is 4.79 Å². The number of aromatic nitrogens is 1. The molecule has 4 nitrogen and oxygen atoms in total. The number of aryl methyl sites for hydroxylation is 2. The molecule has 0 aliphatic heterocycles. The van der Waals surface area contributed by atoms with Crippen LogP contribution in [-0.2, 0) is 6.61 Å². The lowest BCUT2D eigenvalue weighted by molar-refractivity contribution is 0.102. The van der Waals surface area contributed by atoms with E-state index in [4.69, 9.17) is 5.11 Å². The normalized spacial score (nSPS) is 10.3. The van der Waals surface area contributed by atoms with E-state index in [1.165, 1.54) is 6.20 Å². The first-order valence-corrected chi connectivity index (χ1v) is 6.03. The maximum absolute atomic E-state index is 12.1. The number of nitrogens with zero attached hydrogens (tertiary/aromatic N) is 1. The average molecular weight is 256 g/mol. The third-order valence-corrected chi connectivity index (χ3v) is 2.87. The summed E-state index contributed by atoms with van der Waals surface area (Å²) in [7, 11) is 0. The minimum Gasteiger partial charge on any atom is -0.392 e. The van der Waals surface area contributed by atoms with Crippen LogP contribution in [-0.4, -0.2) is 16.0 Å². The van der Waals surface area contributed by atoms with E-state index in [1.807, 2.05) is 26.0 Å². The second kappa shape index (κ2) is 5.63. The van der Waals surface area contributed by atoms with E-state index in [-0.39, 0.29) is 12.5 Å². The molecule has 19 heavy (non-hydrogen) atoms. The third-order valence-electron chi connectivity index (χ3n) is 2.87. The zero-order chi connectivity index (χ0) is 13.8. The van der Waals surface area contributed by atoms with Gasteiger partial charge in [0.15, 0.2) is 0 Å². The Hall–Kier alpha value is -2.20. The molecule has 1 aromatic heterocycles. The van der Waals surface area contributed by atoms with Gasteiger partial charge in [-0.1, -0.05) is 12.1 Å². The van der Waals surface area contributed by atoms with Crippen LogP contribution in [0, 0.1) is 13.8 Å². The van der Waals surface area contributed by atoms with Crippen molar-refractivity contribution in [3.05, 3.63) is 58.9 Å². The van der Waals surface area contributed by atoms with Crippen LogP contribution >= 0.6 is 0 Å². The largest absolute Gasteiger partial charge is 0.392 e. The number of benzene rings is 1. The summed E-state index contributed by atoms with van der Waals surface area (Å²) in [5, 5.41) is 12.0. The molecule has 1 aromatic carbocycles. The first-order chi connectivity index (χ1) is 9.10. The molecule has 0 spiro atoms. The second-order valence-corrected chi connectivity index (χ2v) is 4.51. The van der Waals surface area contributed by atoms with Crippen LogP contribution in [0.1, 0.15) is 27.0 Å². The summed E-state index contributed by atoms with van der Waals surface area (Å²) in [6.45, 7) is 3.75. The van der Waals surface area contributed by atoms with E-state index < -0.39 is 0 Å². The fraction of sp³-hybridized carbons (Fsp3) is 0.200. The summed E-state index contributed by atoms with van der Waals surface area (Å²) >= 11 is 0. The van der Waals surface area contributed by atoms with E-state index in [0.717, 1.165) is 16.7 Å². The summed E-state index contributed by atoms with van der Waals surface area (Å²) in [4.78, 5) is 16.1. The Morgan fingerprint density at radius 3 is 2.74 bits per heavy atom. The van der Waals surface area contributed by atoms with Crippen molar-refractivity contribution in [2.75, 3.05) is 5.32 Å². The van der Waals surface area contributed by atoms with E-state index in [0.29, 0.717) is 11.3 Å². The summed E-state index contributed by atoms with van der Waals surface area (Å²) in [6.07, 6.45) is 3.24. The Labute approximate surface area is 112 Å². The van der Waals surface area contributed by atoms with Crippen LogP contribution in [0.25, 0.3) is 0 Å². The number of carbonyl (C=O) groups is 1. The van der Waals surface area contributed by atoms with Gasteiger partial charge < -0.3 is 10.4 Å². The highest BCUT2D eigenvalue weighted by atomic mass is 16.3. The lowest BCUT2D eigenvalue weighted by atomic mass is 10.1. The van der Waals surface area contributed by atoms with Gasteiger partial charge in [-0.25, -0.2) is 0 Å². The summed E-state index contributed by atoms with van der Waals surface area (Å²) in [6, 6.07) is 7.26. The Balaban J connectivity index is 2.23. The van der Waals surface area contributed by atoms with Gasteiger partial charge in [-0.2, -0.15) is 0 Å². The van der Waals surface area contributed by atoms with Crippen molar-refractivity contribution >= 4 is 11.6 Å². The number of nitrogens with one attached hydrogen (secondary N) is 1. The third kappa shape index (κ3) is 3.17. The number of hydrogen-bond donors (Lipinski definition) is 2. The van der Waals surface area contributed by atoms with Crippen molar-refractivity contribution in [2.45, 2.75) is 20.5 Å². The van der Waals surface area contributed by atoms with Gasteiger partial charge >= 0.3 is 0 Å². The quantitative estimate of drug-likeness (QED) is 0.886. The maximum atomic E-state index is 12.1. The molecule has 0 radical (unpaired) electrons. The van der Waals surface area contributed by atoms with Gasteiger partial charge in [0.25, 0.3) is 5.91 Å². The molecule has 0 aliphatic rings. The molecule has 1 heterocycles. The topological polar surface area (TPSA) is 62.2 Å². The first kappa shape index (κ1) is 13.2. The fourth-order valence-corrected chi connectivity index (χ4v) is 1.78. The van der Waals surface area contributed by atoms with Crippen LogP contribution < -0.4 is 5.32 Å². The molecular weight excluding hydrogens is 240 g/mol. The summed E-state index contributed by atoms with van der Waals surface area (Å²) in [5.74, 6) is -0.200. The summed E-state index contributed by atoms with van der Waals surface area (Å²) < 4.78 is 0.